The van der Waals surface area contributed by atoms with Gasteiger partial charge in [0.2, 0.25) is 5.88 Å². The topological polar surface area (TPSA) is 112 Å². The number of fused-ring (bicyclic) bond motifs is 1. The Kier molecular flexibility index (Phi) is 8.86. The molecule has 0 aliphatic heterocycles. The van der Waals surface area contributed by atoms with E-state index in [1.807, 2.05) is 13.8 Å². The Labute approximate surface area is 198 Å². The zero-order valence-corrected chi connectivity index (χ0v) is 19.7. The fourth-order valence-corrected chi connectivity index (χ4v) is 3.27. The highest BCUT2D eigenvalue weighted by Gasteiger charge is 2.19. The quantitative estimate of drug-likeness (QED) is 0.328. The van der Waals surface area contributed by atoms with Gasteiger partial charge in [-0.1, -0.05) is 0 Å². The largest absolute Gasteiger partial charge is 0.497 e. The van der Waals surface area contributed by atoms with E-state index < -0.39 is 5.82 Å². The molecule has 1 amide bonds. The molecule has 3 N–H and O–H groups in total. The normalized spacial score (nSPS) is 11.4. The SMILES string of the molecule is COc1ccc(F)c(-c2nc3cc(C(=O)NCCCCN=CCN)ccc3nc2OC(C)C)c1. The first-order chi connectivity index (χ1) is 16.4. The number of rotatable bonds is 11. The van der Waals surface area contributed by atoms with Crippen molar-refractivity contribution in [2.75, 3.05) is 26.7 Å². The smallest absolute Gasteiger partial charge is 0.251 e. The maximum Gasteiger partial charge on any atom is 0.251 e. The second-order valence-electron chi connectivity index (χ2n) is 7.88. The minimum absolute atomic E-state index is 0.190. The predicted octanol–water partition coefficient (Wildman–Crippen LogP) is 3.77. The van der Waals surface area contributed by atoms with Crippen LogP contribution in [0.15, 0.2) is 41.4 Å². The van der Waals surface area contributed by atoms with E-state index >= 15 is 0 Å². The molecule has 180 valence electrons. The molecular formula is C25H30FN5O3. The van der Waals surface area contributed by atoms with Gasteiger partial charge in [-0.05, 0) is 63.1 Å². The summed E-state index contributed by atoms with van der Waals surface area (Å²) < 4.78 is 25.8. The van der Waals surface area contributed by atoms with Gasteiger partial charge in [-0.15, -0.1) is 0 Å². The zero-order chi connectivity index (χ0) is 24.5. The molecule has 0 bridgehead atoms. The van der Waals surface area contributed by atoms with Gasteiger partial charge in [0.1, 0.15) is 17.3 Å². The third-order valence-electron chi connectivity index (χ3n) is 4.90. The van der Waals surface area contributed by atoms with Crippen molar-refractivity contribution in [1.29, 1.82) is 0 Å². The highest BCUT2D eigenvalue weighted by atomic mass is 19.1. The Hall–Kier alpha value is -3.59. The number of nitrogens with two attached hydrogens (primary N) is 1. The van der Waals surface area contributed by atoms with E-state index in [0.29, 0.717) is 42.0 Å². The lowest BCUT2D eigenvalue weighted by Crippen LogP contribution is -2.24. The van der Waals surface area contributed by atoms with E-state index in [0.717, 1.165) is 12.8 Å². The summed E-state index contributed by atoms with van der Waals surface area (Å²) in [4.78, 5) is 26.0. The predicted molar refractivity (Wildman–Crippen MR) is 131 cm³/mol. The molecule has 34 heavy (non-hydrogen) atoms. The molecule has 0 aliphatic rings. The lowest BCUT2D eigenvalue weighted by Gasteiger charge is -2.15. The fraction of sp³-hybridized carbons (Fsp3) is 0.360. The third kappa shape index (κ3) is 6.48. The number of nitrogens with one attached hydrogen (secondary N) is 1. The Morgan fingerprint density at radius 3 is 2.74 bits per heavy atom. The third-order valence-corrected chi connectivity index (χ3v) is 4.90. The van der Waals surface area contributed by atoms with E-state index in [1.54, 1.807) is 30.5 Å². The van der Waals surface area contributed by atoms with Crippen LogP contribution in [0.1, 0.15) is 37.0 Å². The van der Waals surface area contributed by atoms with Crippen LogP contribution in [0.3, 0.4) is 0 Å². The maximum atomic E-state index is 14.7. The molecule has 8 nitrogen and oxygen atoms in total. The number of ether oxygens (including phenoxy) is 2. The molecule has 9 heteroatoms. The molecule has 0 radical (unpaired) electrons. The number of amides is 1. The summed E-state index contributed by atoms with van der Waals surface area (Å²) >= 11 is 0. The van der Waals surface area contributed by atoms with Crippen LogP contribution in [0.4, 0.5) is 4.39 Å². The van der Waals surface area contributed by atoms with Gasteiger partial charge in [0.25, 0.3) is 5.91 Å². The van der Waals surface area contributed by atoms with Crippen molar-refractivity contribution < 1.29 is 18.7 Å². The number of hydrogen-bond acceptors (Lipinski definition) is 7. The Morgan fingerprint density at radius 2 is 2.00 bits per heavy atom. The summed E-state index contributed by atoms with van der Waals surface area (Å²) in [5, 5.41) is 2.90. The van der Waals surface area contributed by atoms with Crippen molar-refractivity contribution in [3.63, 3.8) is 0 Å². The lowest BCUT2D eigenvalue weighted by molar-refractivity contribution is 0.0953. The second-order valence-corrected chi connectivity index (χ2v) is 7.88. The van der Waals surface area contributed by atoms with Gasteiger partial charge in [-0.2, -0.15) is 0 Å². The summed E-state index contributed by atoms with van der Waals surface area (Å²) in [7, 11) is 1.51. The minimum atomic E-state index is -0.479. The number of benzene rings is 2. The van der Waals surface area contributed by atoms with Crippen molar-refractivity contribution >= 4 is 23.2 Å². The standard InChI is InChI=1S/C25H30FN5O3/c1-16(2)34-25-23(19-15-18(33-3)7-8-20(19)26)30-22-14-17(6-9-21(22)31-25)24(32)29-12-5-4-11-28-13-10-27/h6-9,13-16H,4-5,10-12,27H2,1-3H3,(H,29,32). The summed E-state index contributed by atoms with van der Waals surface area (Å²) in [5.74, 6) is -0.00156. The van der Waals surface area contributed by atoms with Crippen molar-refractivity contribution in [3.8, 4) is 22.9 Å². The molecule has 2 aromatic carbocycles. The van der Waals surface area contributed by atoms with Crippen LogP contribution in [-0.4, -0.2) is 54.9 Å². The van der Waals surface area contributed by atoms with Crippen LogP contribution in [0.5, 0.6) is 11.6 Å². The summed E-state index contributed by atoms with van der Waals surface area (Å²) in [6, 6.07) is 9.42. The van der Waals surface area contributed by atoms with E-state index in [-0.39, 0.29) is 29.1 Å². The Morgan fingerprint density at radius 1 is 1.18 bits per heavy atom. The number of carbonyl (C=O) groups is 1. The molecular weight excluding hydrogens is 437 g/mol. The van der Waals surface area contributed by atoms with Crippen LogP contribution >= 0.6 is 0 Å². The van der Waals surface area contributed by atoms with Gasteiger partial charge in [-0.3, -0.25) is 9.79 Å². The van der Waals surface area contributed by atoms with Crippen molar-refractivity contribution in [2.24, 2.45) is 10.7 Å². The molecule has 0 fully saturated rings. The molecule has 0 saturated carbocycles. The molecule has 0 spiro atoms. The summed E-state index contributed by atoms with van der Waals surface area (Å²) in [6.07, 6.45) is 3.15. The monoisotopic (exact) mass is 467 g/mol. The number of nitrogens with zero attached hydrogens (tertiary/aromatic N) is 3. The molecule has 0 unspecified atom stereocenters. The molecule has 3 rings (SSSR count). The molecule has 0 aliphatic carbocycles. The van der Waals surface area contributed by atoms with Crippen LogP contribution in [0.25, 0.3) is 22.3 Å². The van der Waals surface area contributed by atoms with Crippen molar-refractivity contribution in [2.45, 2.75) is 32.8 Å². The average molecular weight is 468 g/mol. The fourth-order valence-electron chi connectivity index (χ4n) is 3.27. The first-order valence-corrected chi connectivity index (χ1v) is 11.2. The highest BCUT2D eigenvalue weighted by molar-refractivity contribution is 5.97. The first-order valence-electron chi connectivity index (χ1n) is 11.2. The van der Waals surface area contributed by atoms with Gasteiger partial charge in [-0.25, -0.2) is 14.4 Å². The van der Waals surface area contributed by atoms with E-state index in [2.05, 4.69) is 20.3 Å². The molecule has 0 atom stereocenters. The number of aromatic nitrogens is 2. The average Bonchev–Trinajstić information content (AvgIpc) is 2.82. The molecule has 3 aromatic rings. The zero-order valence-electron chi connectivity index (χ0n) is 19.7. The Balaban J connectivity index is 1.87. The van der Waals surface area contributed by atoms with Gasteiger partial charge in [0.05, 0.1) is 24.2 Å². The van der Waals surface area contributed by atoms with Crippen LogP contribution in [0.2, 0.25) is 0 Å². The van der Waals surface area contributed by atoms with Gasteiger partial charge >= 0.3 is 0 Å². The number of methoxy groups -OCH3 is 1. The van der Waals surface area contributed by atoms with Crippen LogP contribution < -0.4 is 20.5 Å². The number of unbranched alkanes of at least 4 members (excludes halogenated alkanes) is 1. The molecule has 1 aromatic heterocycles. The van der Waals surface area contributed by atoms with Crippen molar-refractivity contribution in [3.05, 3.63) is 47.8 Å². The number of hydrogen-bond donors (Lipinski definition) is 2. The minimum Gasteiger partial charge on any atom is -0.497 e. The van der Waals surface area contributed by atoms with Crippen LogP contribution in [-0.2, 0) is 0 Å². The number of aliphatic imine (C=N–C) groups is 1. The van der Waals surface area contributed by atoms with Gasteiger partial charge in [0, 0.05) is 37.0 Å². The summed E-state index contributed by atoms with van der Waals surface area (Å²) in [5.41, 5.74) is 7.24. The maximum absolute atomic E-state index is 14.7. The summed E-state index contributed by atoms with van der Waals surface area (Å²) in [6.45, 7) is 5.36. The number of carbonyl (C=O) groups excluding carboxylic acids is 1. The lowest BCUT2D eigenvalue weighted by atomic mass is 10.1. The molecule has 1 heterocycles. The van der Waals surface area contributed by atoms with Gasteiger partial charge in [0.15, 0.2) is 0 Å². The van der Waals surface area contributed by atoms with Crippen LogP contribution in [0, 0.1) is 5.82 Å². The van der Waals surface area contributed by atoms with E-state index in [9.17, 15) is 9.18 Å². The molecule has 0 saturated heterocycles. The van der Waals surface area contributed by atoms with E-state index in [1.165, 1.54) is 19.2 Å². The Bertz CT molecular complexity index is 1170. The first kappa shape index (κ1) is 25.0. The van der Waals surface area contributed by atoms with Gasteiger partial charge < -0.3 is 20.5 Å². The highest BCUT2D eigenvalue weighted by Crippen LogP contribution is 2.33. The number of halogens is 1. The van der Waals surface area contributed by atoms with Crippen molar-refractivity contribution in [1.82, 2.24) is 15.3 Å². The van der Waals surface area contributed by atoms with E-state index in [4.69, 9.17) is 15.2 Å². The second kappa shape index (κ2) is 12.0.